The molecule has 1 aromatic carbocycles. The van der Waals surface area contributed by atoms with Crippen molar-refractivity contribution in [2.24, 2.45) is 0 Å². The molecule has 0 unspecified atom stereocenters. The van der Waals surface area contributed by atoms with Crippen molar-refractivity contribution in [3.05, 3.63) is 30.1 Å². The Bertz CT molecular complexity index is 495. The summed E-state index contributed by atoms with van der Waals surface area (Å²) in [7, 11) is -3.00. The van der Waals surface area contributed by atoms with Crippen LogP contribution in [0.4, 0.5) is 10.1 Å². The number of anilines is 1. The van der Waals surface area contributed by atoms with E-state index in [1.165, 1.54) is 12.1 Å². The largest absolute Gasteiger partial charge is 0.384 e. The quantitative estimate of drug-likeness (QED) is 0.895. The minimum absolute atomic E-state index is 0.119. The van der Waals surface area contributed by atoms with Crippen molar-refractivity contribution >= 4 is 15.5 Å². The monoisotopic (exact) mass is 271 g/mol. The zero-order valence-corrected chi connectivity index (χ0v) is 11.0. The lowest BCUT2D eigenvalue weighted by molar-refractivity contribution is 0.580. The van der Waals surface area contributed by atoms with Gasteiger partial charge >= 0.3 is 0 Å². The maximum atomic E-state index is 12.9. The second-order valence-electron chi connectivity index (χ2n) is 4.71. The number of halogens is 1. The predicted molar refractivity (Wildman–Crippen MR) is 70.9 cm³/mol. The van der Waals surface area contributed by atoms with Crippen LogP contribution in [0.1, 0.15) is 25.7 Å². The van der Waals surface area contributed by atoms with Gasteiger partial charge in [-0.15, -0.1) is 0 Å². The summed E-state index contributed by atoms with van der Waals surface area (Å²) >= 11 is 0. The van der Waals surface area contributed by atoms with E-state index in [2.05, 4.69) is 5.32 Å². The van der Waals surface area contributed by atoms with Crippen LogP contribution in [0.3, 0.4) is 0 Å². The van der Waals surface area contributed by atoms with Gasteiger partial charge in [0.05, 0.1) is 11.0 Å². The Morgan fingerprint density at radius 2 is 2.00 bits per heavy atom. The van der Waals surface area contributed by atoms with Gasteiger partial charge in [-0.3, -0.25) is 0 Å². The van der Waals surface area contributed by atoms with Crippen molar-refractivity contribution < 1.29 is 12.8 Å². The summed E-state index contributed by atoms with van der Waals surface area (Å²) in [6.07, 6.45) is 3.62. The molecule has 0 aliphatic heterocycles. The molecule has 1 N–H and O–H groups in total. The Morgan fingerprint density at radius 1 is 1.28 bits per heavy atom. The molecular formula is C13H18FNO2S. The van der Waals surface area contributed by atoms with E-state index in [9.17, 15) is 12.8 Å². The molecule has 3 nitrogen and oxygen atoms in total. The third-order valence-corrected chi connectivity index (χ3v) is 5.61. The van der Waals surface area contributed by atoms with Crippen LogP contribution < -0.4 is 5.32 Å². The van der Waals surface area contributed by atoms with E-state index in [4.69, 9.17) is 0 Å². The van der Waals surface area contributed by atoms with Gasteiger partial charge in [0.15, 0.2) is 9.84 Å². The third-order valence-electron chi connectivity index (χ3n) is 3.35. The number of nitrogens with one attached hydrogen (secondary N) is 1. The SMILES string of the molecule is O=S(=O)(CCNc1cccc(F)c1)C1CCCC1. The van der Waals surface area contributed by atoms with Gasteiger partial charge in [-0.25, -0.2) is 12.8 Å². The molecule has 0 atom stereocenters. The van der Waals surface area contributed by atoms with Gasteiger partial charge in [-0.05, 0) is 31.0 Å². The summed E-state index contributed by atoms with van der Waals surface area (Å²) in [5.41, 5.74) is 0.622. The first-order valence-electron chi connectivity index (χ1n) is 6.29. The first kappa shape index (κ1) is 13.3. The molecule has 0 saturated heterocycles. The summed E-state index contributed by atoms with van der Waals surface area (Å²) in [6.45, 7) is 0.336. The van der Waals surface area contributed by atoms with Crippen molar-refractivity contribution in [2.45, 2.75) is 30.9 Å². The van der Waals surface area contributed by atoms with Crippen LogP contribution in [-0.2, 0) is 9.84 Å². The second-order valence-corrected chi connectivity index (χ2v) is 7.11. The highest BCUT2D eigenvalue weighted by molar-refractivity contribution is 7.92. The summed E-state index contributed by atoms with van der Waals surface area (Å²) in [4.78, 5) is 0. The molecule has 0 amide bonds. The normalized spacial score (nSPS) is 16.9. The lowest BCUT2D eigenvalue weighted by Gasteiger charge is -2.12. The first-order chi connectivity index (χ1) is 8.58. The highest BCUT2D eigenvalue weighted by Crippen LogP contribution is 2.25. The molecule has 0 heterocycles. The maximum Gasteiger partial charge on any atom is 0.154 e. The molecule has 1 saturated carbocycles. The van der Waals surface area contributed by atoms with Crippen molar-refractivity contribution in [2.75, 3.05) is 17.6 Å². The van der Waals surface area contributed by atoms with Gasteiger partial charge in [0.25, 0.3) is 0 Å². The Labute approximate surface area is 107 Å². The molecule has 0 bridgehead atoms. The van der Waals surface area contributed by atoms with Crippen LogP contribution in [0.25, 0.3) is 0 Å². The molecule has 1 fully saturated rings. The smallest absolute Gasteiger partial charge is 0.154 e. The van der Waals surface area contributed by atoms with E-state index >= 15 is 0 Å². The lowest BCUT2D eigenvalue weighted by atomic mass is 10.3. The fraction of sp³-hybridized carbons (Fsp3) is 0.538. The molecule has 18 heavy (non-hydrogen) atoms. The second kappa shape index (κ2) is 5.69. The molecule has 1 aliphatic carbocycles. The minimum Gasteiger partial charge on any atom is -0.384 e. The van der Waals surface area contributed by atoms with Gasteiger partial charge in [0, 0.05) is 12.2 Å². The minimum atomic E-state index is -3.00. The van der Waals surface area contributed by atoms with Crippen LogP contribution in [-0.4, -0.2) is 26.0 Å². The van der Waals surface area contributed by atoms with Crippen LogP contribution in [0.2, 0.25) is 0 Å². The Morgan fingerprint density at radius 3 is 2.67 bits per heavy atom. The van der Waals surface area contributed by atoms with Crippen molar-refractivity contribution in [3.8, 4) is 0 Å². The molecule has 1 aliphatic rings. The average molecular weight is 271 g/mol. The zero-order valence-electron chi connectivity index (χ0n) is 10.2. The molecule has 0 spiro atoms. The van der Waals surface area contributed by atoms with Crippen LogP contribution >= 0.6 is 0 Å². The van der Waals surface area contributed by atoms with E-state index < -0.39 is 9.84 Å². The van der Waals surface area contributed by atoms with E-state index in [0.717, 1.165) is 25.7 Å². The van der Waals surface area contributed by atoms with Crippen LogP contribution in [0, 0.1) is 5.82 Å². The number of rotatable bonds is 5. The molecule has 5 heteroatoms. The van der Waals surface area contributed by atoms with Gasteiger partial charge in [0.1, 0.15) is 5.82 Å². The predicted octanol–water partition coefficient (Wildman–Crippen LogP) is 2.60. The summed E-state index contributed by atoms with van der Waals surface area (Å²) in [6, 6.07) is 6.05. The van der Waals surface area contributed by atoms with Crippen LogP contribution in [0.5, 0.6) is 0 Å². The zero-order chi connectivity index (χ0) is 13.0. The Kier molecular flexibility index (Phi) is 4.22. The van der Waals surface area contributed by atoms with Gasteiger partial charge in [0.2, 0.25) is 0 Å². The summed E-state index contributed by atoms with van der Waals surface area (Å²) in [5.74, 6) is -0.201. The highest BCUT2D eigenvalue weighted by atomic mass is 32.2. The molecular weight excluding hydrogens is 253 g/mol. The van der Waals surface area contributed by atoms with Crippen molar-refractivity contribution in [3.63, 3.8) is 0 Å². The summed E-state index contributed by atoms with van der Waals surface area (Å²) < 4.78 is 36.9. The maximum absolute atomic E-state index is 12.9. The highest BCUT2D eigenvalue weighted by Gasteiger charge is 2.27. The molecule has 100 valence electrons. The van der Waals surface area contributed by atoms with E-state index in [0.29, 0.717) is 12.2 Å². The van der Waals surface area contributed by atoms with Gasteiger partial charge in [-0.1, -0.05) is 18.9 Å². The Hall–Kier alpha value is -1.10. The standard InChI is InChI=1S/C13H18FNO2S/c14-11-4-3-5-12(10-11)15-8-9-18(16,17)13-6-1-2-7-13/h3-5,10,13,15H,1-2,6-9H2. The van der Waals surface area contributed by atoms with E-state index in [-0.39, 0.29) is 16.8 Å². The van der Waals surface area contributed by atoms with Crippen LogP contribution in [0.15, 0.2) is 24.3 Å². The number of hydrogen-bond donors (Lipinski definition) is 1. The lowest BCUT2D eigenvalue weighted by Crippen LogP contribution is -2.25. The van der Waals surface area contributed by atoms with Gasteiger partial charge < -0.3 is 5.32 Å². The van der Waals surface area contributed by atoms with Crippen molar-refractivity contribution in [1.29, 1.82) is 0 Å². The Balaban J connectivity index is 1.84. The van der Waals surface area contributed by atoms with E-state index in [1.54, 1.807) is 12.1 Å². The third kappa shape index (κ3) is 3.45. The molecule has 0 radical (unpaired) electrons. The van der Waals surface area contributed by atoms with Gasteiger partial charge in [-0.2, -0.15) is 0 Å². The number of hydrogen-bond acceptors (Lipinski definition) is 3. The van der Waals surface area contributed by atoms with E-state index in [1.807, 2.05) is 0 Å². The molecule has 2 rings (SSSR count). The fourth-order valence-electron chi connectivity index (χ4n) is 2.35. The molecule has 0 aromatic heterocycles. The topological polar surface area (TPSA) is 46.2 Å². The first-order valence-corrected chi connectivity index (χ1v) is 8.00. The fourth-order valence-corrected chi connectivity index (χ4v) is 4.12. The van der Waals surface area contributed by atoms with Crippen molar-refractivity contribution in [1.82, 2.24) is 0 Å². The number of benzene rings is 1. The number of sulfone groups is 1. The summed E-state index contributed by atoms with van der Waals surface area (Å²) in [5, 5.41) is 2.79. The molecule has 1 aromatic rings. The average Bonchev–Trinajstić information content (AvgIpc) is 2.83.